The Bertz CT molecular complexity index is 502. The summed E-state index contributed by atoms with van der Waals surface area (Å²) in [5.41, 5.74) is 1.01. The van der Waals surface area contributed by atoms with Crippen LogP contribution in [0, 0.1) is 0 Å². The molecule has 17 heavy (non-hydrogen) atoms. The van der Waals surface area contributed by atoms with Gasteiger partial charge in [0.05, 0.1) is 7.11 Å². The number of hydrogen-bond donors (Lipinski definition) is 0. The molecule has 0 fully saturated rings. The lowest BCUT2D eigenvalue weighted by molar-refractivity contribution is 0.407. The first-order chi connectivity index (χ1) is 8.33. The van der Waals surface area contributed by atoms with Gasteiger partial charge in [0.25, 0.3) is 0 Å². The molecule has 1 aromatic carbocycles. The van der Waals surface area contributed by atoms with Gasteiger partial charge in [-0.15, -0.1) is 0 Å². The standard InChI is InChI=1S/C13H12BrNO2/c1-16-11-5-2-6-12(8-11)17-13-10(9-14)4-3-7-15-13/h2-8H,9H2,1H3. The number of rotatable bonds is 4. The zero-order valence-corrected chi connectivity index (χ0v) is 11.0. The Morgan fingerprint density at radius 3 is 2.76 bits per heavy atom. The van der Waals surface area contributed by atoms with Gasteiger partial charge in [-0.25, -0.2) is 4.98 Å². The van der Waals surface area contributed by atoms with Gasteiger partial charge in [-0.1, -0.05) is 28.1 Å². The lowest BCUT2D eigenvalue weighted by Gasteiger charge is -2.08. The van der Waals surface area contributed by atoms with Crippen LogP contribution < -0.4 is 9.47 Å². The van der Waals surface area contributed by atoms with E-state index in [1.54, 1.807) is 13.3 Å². The summed E-state index contributed by atoms with van der Waals surface area (Å²) in [6.45, 7) is 0. The zero-order chi connectivity index (χ0) is 12.1. The highest BCUT2D eigenvalue weighted by Gasteiger charge is 2.05. The van der Waals surface area contributed by atoms with Crippen LogP contribution in [0.1, 0.15) is 5.56 Å². The Morgan fingerprint density at radius 2 is 2.00 bits per heavy atom. The number of aromatic nitrogens is 1. The summed E-state index contributed by atoms with van der Waals surface area (Å²) >= 11 is 3.41. The minimum Gasteiger partial charge on any atom is -0.497 e. The van der Waals surface area contributed by atoms with Gasteiger partial charge in [0.15, 0.2) is 0 Å². The Labute approximate surface area is 109 Å². The molecule has 2 aromatic rings. The molecule has 0 radical (unpaired) electrons. The molecule has 0 aliphatic rings. The number of pyridine rings is 1. The smallest absolute Gasteiger partial charge is 0.223 e. The van der Waals surface area contributed by atoms with Gasteiger partial charge in [0, 0.05) is 23.2 Å². The van der Waals surface area contributed by atoms with Crippen LogP contribution in [-0.2, 0) is 5.33 Å². The highest BCUT2D eigenvalue weighted by molar-refractivity contribution is 9.08. The van der Waals surface area contributed by atoms with Crippen molar-refractivity contribution in [1.29, 1.82) is 0 Å². The van der Waals surface area contributed by atoms with Gasteiger partial charge in [0.2, 0.25) is 5.88 Å². The molecular formula is C13H12BrNO2. The lowest BCUT2D eigenvalue weighted by atomic mass is 10.3. The molecule has 0 bridgehead atoms. The van der Waals surface area contributed by atoms with Crippen molar-refractivity contribution in [3.63, 3.8) is 0 Å². The van der Waals surface area contributed by atoms with E-state index in [4.69, 9.17) is 9.47 Å². The van der Waals surface area contributed by atoms with Gasteiger partial charge < -0.3 is 9.47 Å². The SMILES string of the molecule is COc1cccc(Oc2ncccc2CBr)c1. The molecule has 0 amide bonds. The third kappa shape index (κ3) is 2.97. The van der Waals surface area contributed by atoms with Crippen LogP contribution in [0.3, 0.4) is 0 Å². The average molecular weight is 294 g/mol. The molecule has 4 heteroatoms. The maximum Gasteiger partial charge on any atom is 0.223 e. The van der Waals surface area contributed by atoms with E-state index in [1.165, 1.54) is 0 Å². The molecule has 0 aliphatic heterocycles. The number of methoxy groups -OCH3 is 1. The first-order valence-corrected chi connectivity index (χ1v) is 6.27. The highest BCUT2D eigenvalue weighted by Crippen LogP contribution is 2.26. The van der Waals surface area contributed by atoms with Crippen molar-refractivity contribution >= 4 is 15.9 Å². The largest absolute Gasteiger partial charge is 0.497 e. The summed E-state index contributed by atoms with van der Waals surface area (Å²) in [5, 5.41) is 0.708. The van der Waals surface area contributed by atoms with Crippen LogP contribution >= 0.6 is 15.9 Å². The van der Waals surface area contributed by atoms with Crippen molar-refractivity contribution in [2.75, 3.05) is 7.11 Å². The fourth-order valence-corrected chi connectivity index (χ4v) is 1.82. The molecule has 2 rings (SSSR count). The summed E-state index contributed by atoms with van der Waals surface area (Å²) < 4.78 is 10.9. The monoisotopic (exact) mass is 293 g/mol. The molecular weight excluding hydrogens is 282 g/mol. The van der Waals surface area contributed by atoms with Crippen LogP contribution in [0.15, 0.2) is 42.6 Å². The van der Waals surface area contributed by atoms with Crippen LogP contribution in [0.25, 0.3) is 0 Å². The number of benzene rings is 1. The minimum absolute atomic E-state index is 0.609. The van der Waals surface area contributed by atoms with Gasteiger partial charge in [-0.05, 0) is 18.2 Å². The van der Waals surface area contributed by atoms with Crippen LogP contribution in [0.2, 0.25) is 0 Å². The Hall–Kier alpha value is -1.55. The van der Waals surface area contributed by atoms with Crippen molar-refractivity contribution < 1.29 is 9.47 Å². The minimum atomic E-state index is 0.609. The topological polar surface area (TPSA) is 31.4 Å². The molecule has 0 saturated carbocycles. The molecule has 0 spiro atoms. The normalized spacial score (nSPS) is 10.0. The molecule has 0 aliphatic carbocycles. The second-order valence-corrected chi connectivity index (χ2v) is 3.94. The number of halogens is 1. The number of alkyl halides is 1. The predicted octanol–water partition coefficient (Wildman–Crippen LogP) is 3.78. The summed E-state index contributed by atoms with van der Waals surface area (Å²) in [6.07, 6.45) is 1.71. The van der Waals surface area contributed by atoms with Crippen molar-refractivity contribution in [1.82, 2.24) is 4.98 Å². The van der Waals surface area contributed by atoms with E-state index in [9.17, 15) is 0 Å². The summed E-state index contributed by atoms with van der Waals surface area (Å²) in [4.78, 5) is 4.21. The second kappa shape index (κ2) is 5.68. The molecule has 0 N–H and O–H groups in total. The maximum absolute atomic E-state index is 5.72. The van der Waals surface area contributed by atoms with Crippen LogP contribution in [-0.4, -0.2) is 12.1 Å². The highest BCUT2D eigenvalue weighted by atomic mass is 79.9. The summed E-state index contributed by atoms with van der Waals surface area (Å²) in [5.74, 6) is 2.08. The molecule has 1 heterocycles. The Kier molecular flexibility index (Phi) is 3.98. The first-order valence-electron chi connectivity index (χ1n) is 5.15. The fraction of sp³-hybridized carbons (Fsp3) is 0.154. The molecule has 88 valence electrons. The Morgan fingerprint density at radius 1 is 1.18 bits per heavy atom. The van der Waals surface area contributed by atoms with Gasteiger partial charge in [-0.3, -0.25) is 0 Å². The van der Waals surface area contributed by atoms with E-state index < -0.39 is 0 Å². The fourth-order valence-electron chi connectivity index (χ4n) is 1.39. The predicted molar refractivity (Wildman–Crippen MR) is 69.9 cm³/mol. The van der Waals surface area contributed by atoms with Crippen molar-refractivity contribution in [3.05, 3.63) is 48.2 Å². The van der Waals surface area contributed by atoms with Crippen LogP contribution in [0.5, 0.6) is 17.4 Å². The number of nitrogens with zero attached hydrogens (tertiary/aromatic N) is 1. The molecule has 0 atom stereocenters. The van der Waals surface area contributed by atoms with Crippen molar-refractivity contribution in [2.45, 2.75) is 5.33 Å². The quantitative estimate of drug-likeness (QED) is 0.804. The van der Waals surface area contributed by atoms with E-state index in [0.717, 1.165) is 11.3 Å². The molecule has 0 saturated heterocycles. The molecule has 0 unspecified atom stereocenters. The second-order valence-electron chi connectivity index (χ2n) is 3.38. The third-order valence-corrected chi connectivity index (χ3v) is 2.85. The summed E-state index contributed by atoms with van der Waals surface area (Å²) in [6, 6.07) is 11.3. The maximum atomic E-state index is 5.72. The van der Waals surface area contributed by atoms with Gasteiger partial charge in [0.1, 0.15) is 11.5 Å². The van der Waals surface area contributed by atoms with E-state index in [1.807, 2.05) is 36.4 Å². The van der Waals surface area contributed by atoms with Crippen molar-refractivity contribution in [2.24, 2.45) is 0 Å². The lowest BCUT2D eigenvalue weighted by Crippen LogP contribution is -1.92. The third-order valence-electron chi connectivity index (χ3n) is 2.25. The van der Waals surface area contributed by atoms with E-state index in [2.05, 4.69) is 20.9 Å². The molecule has 1 aromatic heterocycles. The van der Waals surface area contributed by atoms with E-state index >= 15 is 0 Å². The van der Waals surface area contributed by atoms with Crippen molar-refractivity contribution in [3.8, 4) is 17.4 Å². The number of ether oxygens (including phenoxy) is 2. The van der Waals surface area contributed by atoms with Gasteiger partial charge >= 0.3 is 0 Å². The molecule has 3 nitrogen and oxygen atoms in total. The Balaban J connectivity index is 2.24. The van der Waals surface area contributed by atoms with Crippen LogP contribution in [0.4, 0.5) is 0 Å². The van der Waals surface area contributed by atoms with E-state index in [-0.39, 0.29) is 0 Å². The first kappa shape index (κ1) is 11.9. The zero-order valence-electron chi connectivity index (χ0n) is 9.39. The van der Waals surface area contributed by atoms with E-state index in [0.29, 0.717) is 17.0 Å². The average Bonchev–Trinajstić information content (AvgIpc) is 2.39. The number of hydrogen-bond acceptors (Lipinski definition) is 3. The summed E-state index contributed by atoms with van der Waals surface area (Å²) in [7, 11) is 1.63. The van der Waals surface area contributed by atoms with Gasteiger partial charge in [-0.2, -0.15) is 0 Å².